The zero-order chi connectivity index (χ0) is 16.7. The first kappa shape index (κ1) is 18.4. The first-order chi connectivity index (χ1) is 11.1. The molecule has 2 rings (SSSR count). The molecule has 0 bridgehead atoms. The largest absolute Gasteiger partial charge is 0.379 e. The molecule has 5 nitrogen and oxygen atoms in total. The number of hydrogen-bond acceptors (Lipinski definition) is 4. The average Bonchev–Trinajstić information content (AvgIpc) is 2.56. The zero-order valence-electron chi connectivity index (χ0n) is 12.9. The smallest absolute Gasteiger partial charge is 0.187 e. The molecule has 2 N–H and O–H groups in total. The number of nitrogens with one attached hydrogen (secondary N) is 2. The minimum Gasteiger partial charge on any atom is -0.379 e. The maximum absolute atomic E-state index is 6.00. The van der Waals surface area contributed by atoms with E-state index in [1.54, 1.807) is 12.1 Å². The van der Waals surface area contributed by atoms with Gasteiger partial charge in [0.2, 0.25) is 0 Å². The Bertz CT molecular complexity index is 577. The highest BCUT2D eigenvalue weighted by Crippen LogP contribution is 2.22. The normalized spacial score (nSPS) is 16.2. The van der Waals surface area contributed by atoms with Crippen molar-refractivity contribution in [1.29, 1.82) is 0 Å². The molecule has 8 heteroatoms. The van der Waals surface area contributed by atoms with Gasteiger partial charge in [0, 0.05) is 26.2 Å². The predicted molar refractivity (Wildman–Crippen MR) is 99.7 cm³/mol. The topological polar surface area (TPSA) is 48.9 Å². The monoisotopic (exact) mass is 374 g/mol. The molecule has 0 atom stereocenters. The summed E-state index contributed by atoms with van der Waals surface area (Å²) in [6.07, 6.45) is 0. The molecule has 0 aromatic heterocycles. The van der Waals surface area contributed by atoms with E-state index in [4.69, 9.17) is 40.2 Å². The fraction of sp³-hybridized carbons (Fsp3) is 0.467. The van der Waals surface area contributed by atoms with Crippen LogP contribution in [0.3, 0.4) is 0 Å². The summed E-state index contributed by atoms with van der Waals surface area (Å²) in [6, 6.07) is 5.39. The van der Waals surface area contributed by atoms with Crippen LogP contribution < -0.4 is 10.7 Å². The van der Waals surface area contributed by atoms with E-state index in [9.17, 15) is 0 Å². The van der Waals surface area contributed by atoms with Gasteiger partial charge in [-0.3, -0.25) is 10.3 Å². The molecule has 1 aromatic rings. The number of hydrogen-bond donors (Lipinski definition) is 2. The van der Waals surface area contributed by atoms with E-state index in [-0.39, 0.29) is 0 Å². The second-order valence-corrected chi connectivity index (χ2v) is 6.37. The summed E-state index contributed by atoms with van der Waals surface area (Å²) in [5.41, 5.74) is 4.51. The van der Waals surface area contributed by atoms with Crippen molar-refractivity contribution < 1.29 is 4.74 Å². The van der Waals surface area contributed by atoms with E-state index < -0.39 is 0 Å². The quantitative estimate of drug-likeness (QED) is 0.471. The molecular formula is C15H20Cl2N4OS. The molecule has 1 fully saturated rings. The highest BCUT2D eigenvalue weighted by atomic mass is 35.5. The van der Waals surface area contributed by atoms with Crippen molar-refractivity contribution in [3.8, 4) is 0 Å². The Labute approximate surface area is 152 Å². The molecule has 0 amide bonds. The molecule has 1 saturated heterocycles. The van der Waals surface area contributed by atoms with Gasteiger partial charge in [0.25, 0.3) is 0 Å². The van der Waals surface area contributed by atoms with Crippen LogP contribution in [0, 0.1) is 0 Å². The number of morpholine rings is 1. The van der Waals surface area contributed by atoms with Crippen LogP contribution in [0.1, 0.15) is 12.5 Å². The van der Waals surface area contributed by atoms with Gasteiger partial charge < -0.3 is 10.1 Å². The van der Waals surface area contributed by atoms with E-state index in [0.29, 0.717) is 15.2 Å². The van der Waals surface area contributed by atoms with Crippen molar-refractivity contribution in [2.75, 3.05) is 39.4 Å². The number of ether oxygens (including phenoxy) is 1. The third-order valence-corrected chi connectivity index (χ3v) is 4.45. The summed E-state index contributed by atoms with van der Waals surface area (Å²) >= 11 is 17.1. The van der Waals surface area contributed by atoms with Crippen LogP contribution in [0.5, 0.6) is 0 Å². The average molecular weight is 375 g/mol. The van der Waals surface area contributed by atoms with Crippen LogP contribution in [-0.2, 0) is 4.74 Å². The van der Waals surface area contributed by atoms with Gasteiger partial charge in [-0.2, -0.15) is 5.10 Å². The van der Waals surface area contributed by atoms with Gasteiger partial charge >= 0.3 is 0 Å². The Hall–Kier alpha value is -0.920. The maximum atomic E-state index is 6.00. The van der Waals surface area contributed by atoms with Gasteiger partial charge in [-0.05, 0) is 36.8 Å². The van der Waals surface area contributed by atoms with Crippen LogP contribution >= 0.6 is 35.4 Å². The summed E-state index contributed by atoms with van der Waals surface area (Å²) in [4.78, 5) is 2.34. The number of thiocarbonyl (C=S) groups is 1. The Kier molecular flexibility index (Phi) is 7.52. The molecule has 0 unspecified atom stereocenters. The molecule has 0 aliphatic carbocycles. The second kappa shape index (κ2) is 9.39. The minimum atomic E-state index is 0.498. The van der Waals surface area contributed by atoms with Crippen molar-refractivity contribution in [1.82, 2.24) is 15.6 Å². The number of benzene rings is 1. The Morgan fingerprint density at radius 2 is 2.04 bits per heavy atom. The number of hydrazone groups is 1. The lowest BCUT2D eigenvalue weighted by Crippen LogP contribution is -2.42. The maximum Gasteiger partial charge on any atom is 0.187 e. The highest BCUT2D eigenvalue weighted by Gasteiger charge is 2.09. The summed E-state index contributed by atoms with van der Waals surface area (Å²) in [5, 5.41) is 8.93. The Balaban J connectivity index is 1.74. The highest BCUT2D eigenvalue weighted by molar-refractivity contribution is 7.80. The lowest BCUT2D eigenvalue weighted by atomic mass is 10.1. The molecule has 1 heterocycles. The molecular weight excluding hydrogens is 355 g/mol. The van der Waals surface area contributed by atoms with E-state index >= 15 is 0 Å². The van der Waals surface area contributed by atoms with Crippen LogP contribution in [0.15, 0.2) is 23.3 Å². The molecule has 1 aromatic carbocycles. The van der Waals surface area contributed by atoms with Crippen molar-refractivity contribution >= 4 is 46.2 Å². The fourth-order valence-electron chi connectivity index (χ4n) is 2.11. The van der Waals surface area contributed by atoms with Gasteiger partial charge in [0.05, 0.1) is 29.0 Å². The van der Waals surface area contributed by atoms with E-state index in [0.717, 1.165) is 50.7 Å². The van der Waals surface area contributed by atoms with Gasteiger partial charge in [-0.15, -0.1) is 0 Å². The SMILES string of the molecule is C/C(=N\NC(=S)NCCN1CCOCC1)c1ccc(Cl)c(Cl)c1. The standard InChI is InChI=1S/C15H20Cl2N4OS/c1-11(12-2-3-13(16)14(17)10-12)19-20-15(23)18-4-5-21-6-8-22-9-7-21/h2-3,10H,4-9H2,1H3,(H2,18,20,23)/b19-11+. The molecule has 0 spiro atoms. The van der Waals surface area contributed by atoms with Gasteiger partial charge in [-0.25, -0.2) is 0 Å². The molecule has 23 heavy (non-hydrogen) atoms. The number of halogens is 2. The van der Waals surface area contributed by atoms with Crippen LogP contribution in [0.2, 0.25) is 10.0 Å². The van der Waals surface area contributed by atoms with E-state index in [1.165, 1.54) is 0 Å². The molecule has 1 aliphatic rings. The Morgan fingerprint density at radius 1 is 1.30 bits per heavy atom. The predicted octanol–water partition coefficient (Wildman–Crippen LogP) is 2.51. The van der Waals surface area contributed by atoms with Crippen LogP contribution in [0.4, 0.5) is 0 Å². The lowest BCUT2D eigenvalue weighted by Gasteiger charge is -2.26. The Morgan fingerprint density at radius 3 is 2.74 bits per heavy atom. The van der Waals surface area contributed by atoms with Crippen LogP contribution in [0.25, 0.3) is 0 Å². The van der Waals surface area contributed by atoms with Gasteiger partial charge in [-0.1, -0.05) is 29.3 Å². The van der Waals surface area contributed by atoms with E-state index in [2.05, 4.69) is 20.7 Å². The molecule has 0 saturated carbocycles. The summed E-state index contributed by atoms with van der Waals surface area (Å²) in [6.45, 7) is 7.12. The van der Waals surface area contributed by atoms with Gasteiger partial charge in [0.1, 0.15) is 0 Å². The first-order valence-electron chi connectivity index (χ1n) is 7.40. The molecule has 0 radical (unpaired) electrons. The second-order valence-electron chi connectivity index (χ2n) is 5.15. The number of nitrogens with zero attached hydrogens (tertiary/aromatic N) is 2. The van der Waals surface area contributed by atoms with Crippen molar-refractivity contribution in [2.24, 2.45) is 5.10 Å². The van der Waals surface area contributed by atoms with Crippen LogP contribution in [-0.4, -0.2) is 55.1 Å². The van der Waals surface area contributed by atoms with E-state index in [1.807, 2.05) is 13.0 Å². The minimum absolute atomic E-state index is 0.498. The molecule has 126 valence electrons. The zero-order valence-corrected chi connectivity index (χ0v) is 15.3. The van der Waals surface area contributed by atoms with Gasteiger partial charge in [0.15, 0.2) is 5.11 Å². The molecule has 1 aliphatic heterocycles. The lowest BCUT2D eigenvalue weighted by molar-refractivity contribution is 0.0389. The summed E-state index contributed by atoms with van der Waals surface area (Å²) < 4.78 is 5.31. The number of rotatable bonds is 5. The summed E-state index contributed by atoms with van der Waals surface area (Å²) in [5.74, 6) is 0. The van der Waals surface area contributed by atoms with Crippen molar-refractivity contribution in [2.45, 2.75) is 6.92 Å². The fourth-order valence-corrected chi connectivity index (χ4v) is 2.56. The van der Waals surface area contributed by atoms with Crippen molar-refractivity contribution in [3.05, 3.63) is 33.8 Å². The van der Waals surface area contributed by atoms with Crippen molar-refractivity contribution in [3.63, 3.8) is 0 Å². The third kappa shape index (κ3) is 6.24. The third-order valence-electron chi connectivity index (χ3n) is 3.48. The first-order valence-corrected chi connectivity index (χ1v) is 8.56. The summed E-state index contributed by atoms with van der Waals surface area (Å²) in [7, 11) is 0.